The SMILES string of the molecule is CCNc1ccc(C(C)O)cc1/N=C1\S/C(=C\N(C)Cc2ccccc2)C(=O)N1Cc1ccccc1. The first-order chi connectivity index (χ1) is 17.4. The molecule has 0 bridgehead atoms. The number of rotatable bonds is 9. The third-order valence-corrected chi connectivity index (χ3v) is 6.77. The van der Waals surface area contributed by atoms with Crippen LogP contribution in [0.1, 0.15) is 36.6 Å². The van der Waals surface area contributed by atoms with Crippen LogP contribution in [0.4, 0.5) is 11.4 Å². The van der Waals surface area contributed by atoms with Gasteiger partial charge in [0, 0.05) is 26.3 Å². The molecule has 1 heterocycles. The van der Waals surface area contributed by atoms with Gasteiger partial charge in [-0.25, -0.2) is 4.99 Å². The molecule has 1 amide bonds. The van der Waals surface area contributed by atoms with Gasteiger partial charge >= 0.3 is 0 Å². The molecular formula is C29H32N4O2S. The number of nitrogens with one attached hydrogen (secondary N) is 1. The van der Waals surface area contributed by atoms with E-state index in [4.69, 9.17) is 4.99 Å². The smallest absolute Gasteiger partial charge is 0.268 e. The molecule has 3 aromatic carbocycles. The van der Waals surface area contributed by atoms with Crippen LogP contribution in [-0.2, 0) is 17.9 Å². The molecule has 3 aromatic rings. The van der Waals surface area contributed by atoms with Crippen molar-refractivity contribution in [2.45, 2.75) is 33.0 Å². The van der Waals surface area contributed by atoms with Gasteiger partial charge in [-0.1, -0.05) is 66.7 Å². The van der Waals surface area contributed by atoms with Crippen molar-refractivity contribution >= 4 is 34.2 Å². The van der Waals surface area contributed by atoms with Gasteiger partial charge < -0.3 is 15.3 Å². The lowest BCUT2D eigenvalue weighted by Crippen LogP contribution is -2.28. The van der Waals surface area contributed by atoms with Gasteiger partial charge in [0.25, 0.3) is 5.91 Å². The molecule has 1 unspecified atom stereocenters. The molecule has 6 nitrogen and oxygen atoms in total. The summed E-state index contributed by atoms with van der Waals surface area (Å²) in [5, 5.41) is 14.1. The number of amides is 1. The molecular weight excluding hydrogens is 468 g/mol. The minimum absolute atomic E-state index is 0.0702. The van der Waals surface area contributed by atoms with Crippen molar-refractivity contribution < 1.29 is 9.90 Å². The number of carbonyl (C=O) groups excluding carboxylic acids is 1. The lowest BCUT2D eigenvalue weighted by atomic mass is 10.1. The Balaban J connectivity index is 1.69. The average Bonchev–Trinajstić information content (AvgIpc) is 3.15. The number of carbonyl (C=O) groups is 1. The first-order valence-corrected chi connectivity index (χ1v) is 12.9. The molecule has 1 fully saturated rings. The van der Waals surface area contributed by atoms with E-state index in [0.717, 1.165) is 23.4 Å². The van der Waals surface area contributed by atoms with E-state index in [1.54, 1.807) is 11.8 Å². The molecule has 2 N–H and O–H groups in total. The molecule has 0 aliphatic carbocycles. The monoisotopic (exact) mass is 500 g/mol. The average molecular weight is 501 g/mol. The summed E-state index contributed by atoms with van der Waals surface area (Å²) in [6.07, 6.45) is 1.29. The van der Waals surface area contributed by atoms with Gasteiger partial charge in [0.05, 0.1) is 28.9 Å². The fraction of sp³-hybridized carbons (Fsp3) is 0.241. The van der Waals surface area contributed by atoms with Crippen LogP contribution < -0.4 is 5.32 Å². The molecule has 0 saturated carbocycles. The quantitative estimate of drug-likeness (QED) is 0.358. The second-order valence-electron chi connectivity index (χ2n) is 8.75. The minimum atomic E-state index is -0.611. The van der Waals surface area contributed by atoms with Crippen molar-refractivity contribution in [1.82, 2.24) is 9.80 Å². The number of hydrogen-bond acceptors (Lipinski definition) is 6. The lowest BCUT2D eigenvalue weighted by Gasteiger charge is -2.17. The van der Waals surface area contributed by atoms with E-state index in [1.807, 2.05) is 91.8 Å². The molecule has 0 radical (unpaired) electrons. The van der Waals surface area contributed by atoms with E-state index in [1.165, 1.54) is 17.3 Å². The number of aliphatic hydroxyl groups excluding tert-OH is 1. The van der Waals surface area contributed by atoms with Crippen molar-refractivity contribution in [2.24, 2.45) is 4.99 Å². The highest BCUT2D eigenvalue weighted by Crippen LogP contribution is 2.37. The fourth-order valence-electron chi connectivity index (χ4n) is 3.95. The first-order valence-electron chi connectivity index (χ1n) is 12.1. The topological polar surface area (TPSA) is 68.2 Å². The Kier molecular flexibility index (Phi) is 8.46. The van der Waals surface area contributed by atoms with Gasteiger partial charge in [-0.3, -0.25) is 9.69 Å². The number of benzene rings is 3. The summed E-state index contributed by atoms with van der Waals surface area (Å²) in [7, 11) is 1.97. The molecule has 186 valence electrons. The summed E-state index contributed by atoms with van der Waals surface area (Å²) in [6, 6.07) is 25.8. The highest BCUT2D eigenvalue weighted by molar-refractivity contribution is 8.18. The summed E-state index contributed by atoms with van der Waals surface area (Å²) in [4.78, 5) is 22.9. The number of anilines is 1. The summed E-state index contributed by atoms with van der Waals surface area (Å²) in [5.74, 6) is -0.0702. The Morgan fingerprint density at radius 3 is 2.36 bits per heavy atom. The molecule has 4 rings (SSSR count). The predicted molar refractivity (Wildman–Crippen MR) is 149 cm³/mol. The molecule has 1 aliphatic heterocycles. The maximum atomic E-state index is 13.6. The number of thioether (sulfide) groups is 1. The first kappa shape index (κ1) is 25.5. The van der Waals surface area contributed by atoms with Gasteiger partial charge in [-0.2, -0.15) is 0 Å². The number of hydrogen-bond donors (Lipinski definition) is 2. The maximum Gasteiger partial charge on any atom is 0.268 e. The number of nitrogens with zero attached hydrogens (tertiary/aromatic N) is 3. The maximum absolute atomic E-state index is 13.6. The number of aliphatic hydroxyl groups is 1. The van der Waals surface area contributed by atoms with Crippen molar-refractivity contribution in [1.29, 1.82) is 0 Å². The highest BCUT2D eigenvalue weighted by atomic mass is 32.2. The highest BCUT2D eigenvalue weighted by Gasteiger charge is 2.34. The largest absolute Gasteiger partial charge is 0.389 e. The lowest BCUT2D eigenvalue weighted by molar-refractivity contribution is -0.122. The van der Waals surface area contributed by atoms with E-state index in [2.05, 4.69) is 17.4 Å². The Morgan fingerprint density at radius 1 is 1.06 bits per heavy atom. The molecule has 1 saturated heterocycles. The van der Waals surface area contributed by atoms with E-state index < -0.39 is 6.10 Å². The zero-order chi connectivity index (χ0) is 25.5. The van der Waals surface area contributed by atoms with Gasteiger partial charge in [-0.15, -0.1) is 0 Å². The summed E-state index contributed by atoms with van der Waals surface area (Å²) >= 11 is 1.38. The molecule has 1 atom stereocenters. The minimum Gasteiger partial charge on any atom is -0.389 e. The third-order valence-electron chi connectivity index (χ3n) is 5.77. The van der Waals surface area contributed by atoms with Gasteiger partial charge in [-0.05, 0) is 54.4 Å². The van der Waals surface area contributed by atoms with Crippen LogP contribution in [0.25, 0.3) is 0 Å². The van der Waals surface area contributed by atoms with Gasteiger partial charge in [0.2, 0.25) is 0 Å². The standard InChI is InChI=1S/C29H32N4O2S/c1-4-30-25-16-15-24(21(2)34)17-26(25)31-29-33(19-23-13-9-6-10-14-23)28(35)27(36-29)20-32(3)18-22-11-7-5-8-12-22/h5-17,20-21,30,34H,4,18-19H2,1-3H3/b27-20-,31-29-. The molecule has 7 heteroatoms. The zero-order valence-electron chi connectivity index (χ0n) is 20.9. The number of amidine groups is 1. The van der Waals surface area contributed by atoms with Crippen molar-refractivity contribution in [3.63, 3.8) is 0 Å². The van der Waals surface area contributed by atoms with Gasteiger partial charge in [0.15, 0.2) is 5.17 Å². The van der Waals surface area contributed by atoms with Crippen LogP contribution >= 0.6 is 11.8 Å². The second-order valence-corrected chi connectivity index (χ2v) is 9.76. The van der Waals surface area contributed by atoms with Crippen LogP contribution in [0, 0.1) is 0 Å². The Morgan fingerprint density at radius 2 is 1.72 bits per heavy atom. The number of aliphatic imine (C=N–C) groups is 1. The Hall–Kier alpha value is -3.55. The van der Waals surface area contributed by atoms with E-state index in [0.29, 0.717) is 28.8 Å². The summed E-state index contributed by atoms with van der Waals surface area (Å²) in [6.45, 7) is 5.62. The molecule has 0 spiro atoms. The normalized spacial score (nSPS) is 16.6. The van der Waals surface area contributed by atoms with E-state index >= 15 is 0 Å². The predicted octanol–water partition coefficient (Wildman–Crippen LogP) is 5.91. The van der Waals surface area contributed by atoms with E-state index in [9.17, 15) is 9.90 Å². The van der Waals surface area contributed by atoms with Crippen LogP contribution in [0.3, 0.4) is 0 Å². The Bertz CT molecular complexity index is 1240. The third kappa shape index (κ3) is 6.36. The van der Waals surface area contributed by atoms with Gasteiger partial charge in [0.1, 0.15) is 0 Å². The van der Waals surface area contributed by atoms with Crippen LogP contribution in [-0.4, -0.2) is 39.6 Å². The van der Waals surface area contributed by atoms with E-state index in [-0.39, 0.29) is 5.91 Å². The van der Waals surface area contributed by atoms with Crippen LogP contribution in [0.5, 0.6) is 0 Å². The zero-order valence-corrected chi connectivity index (χ0v) is 21.7. The van der Waals surface area contributed by atoms with Crippen molar-refractivity contribution in [3.8, 4) is 0 Å². The van der Waals surface area contributed by atoms with Crippen molar-refractivity contribution in [3.05, 3.63) is 107 Å². The molecule has 36 heavy (non-hydrogen) atoms. The summed E-state index contributed by atoms with van der Waals surface area (Å²) in [5.41, 5.74) is 4.54. The summed E-state index contributed by atoms with van der Waals surface area (Å²) < 4.78 is 0. The van der Waals surface area contributed by atoms with Crippen LogP contribution in [0.15, 0.2) is 95.0 Å². The van der Waals surface area contributed by atoms with Crippen LogP contribution in [0.2, 0.25) is 0 Å². The Labute approximate surface area is 217 Å². The molecule has 1 aliphatic rings. The fourth-order valence-corrected chi connectivity index (χ4v) is 4.98. The second kappa shape index (κ2) is 11.9. The molecule has 0 aromatic heterocycles. The van der Waals surface area contributed by atoms with Crippen molar-refractivity contribution in [2.75, 3.05) is 18.9 Å².